The van der Waals surface area contributed by atoms with Gasteiger partial charge in [-0.25, -0.2) is 4.98 Å². The number of aryl methyl sites for hydroxylation is 1. The minimum absolute atomic E-state index is 0.292. The molecule has 0 radical (unpaired) electrons. The summed E-state index contributed by atoms with van der Waals surface area (Å²) in [6, 6.07) is 0.380. The summed E-state index contributed by atoms with van der Waals surface area (Å²) in [6.45, 7) is 2.42. The minimum atomic E-state index is 0.292. The van der Waals surface area contributed by atoms with Gasteiger partial charge in [-0.05, 0) is 19.4 Å². The van der Waals surface area contributed by atoms with Gasteiger partial charge in [-0.2, -0.15) is 0 Å². The lowest BCUT2D eigenvalue weighted by Crippen LogP contribution is -2.34. The van der Waals surface area contributed by atoms with E-state index >= 15 is 0 Å². The minimum Gasteiger partial charge on any atom is -0.395 e. The lowest BCUT2D eigenvalue weighted by molar-refractivity contribution is 0.159. The van der Waals surface area contributed by atoms with Gasteiger partial charge in [0.05, 0.1) is 6.61 Å². The van der Waals surface area contributed by atoms with Gasteiger partial charge >= 0.3 is 0 Å². The number of aliphatic hydroxyl groups is 1. The SMILES string of the molecule is Cn1ccnc1CCN1CCC[C@H]1CO. The van der Waals surface area contributed by atoms with Gasteiger partial charge in [0, 0.05) is 38.4 Å². The van der Waals surface area contributed by atoms with Crippen LogP contribution in [0, 0.1) is 0 Å². The first-order valence-corrected chi connectivity index (χ1v) is 5.62. The van der Waals surface area contributed by atoms with Crippen LogP contribution < -0.4 is 0 Å². The second kappa shape index (κ2) is 4.77. The summed E-state index contributed by atoms with van der Waals surface area (Å²) in [6.07, 6.45) is 7.13. The van der Waals surface area contributed by atoms with Crippen molar-refractivity contribution in [2.45, 2.75) is 25.3 Å². The van der Waals surface area contributed by atoms with Gasteiger partial charge in [-0.3, -0.25) is 4.90 Å². The zero-order chi connectivity index (χ0) is 10.7. The molecule has 1 aliphatic heterocycles. The number of nitrogens with zero attached hydrogens (tertiary/aromatic N) is 3. The molecule has 0 aromatic carbocycles. The second-order valence-electron chi connectivity index (χ2n) is 4.22. The molecule has 1 aromatic rings. The molecule has 1 N–H and O–H groups in total. The number of rotatable bonds is 4. The number of aliphatic hydroxyl groups excluding tert-OH is 1. The zero-order valence-electron chi connectivity index (χ0n) is 9.26. The van der Waals surface area contributed by atoms with E-state index in [1.54, 1.807) is 0 Å². The average Bonchev–Trinajstić information content (AvgIpc) is 2.83. The van der Waals surface area contributed by atoms with Crippen LogP contribution in [0.3, 0.4) is 0 Å². The van der Waals surface area contributed by atoms with Crippen molar-refractivity contribution in [1.29, 1.82) is 0 Å². The maximum Gasteiger partial charge on any atom is 0.109 e. The van der Waals surface area contributed by atoms with Crippen LogP contribution in [0.5, 0.6) is 0 Å². The molecule has 0 bridgehead atoms. The fraction of sp³-hybridized carbons (Fsp3) is 0.727. The van der Waals surface area contributed by atoms with Crippen LogP contribution in [0.25, 0.3) is 0 Å². The Kier molecular flexibility index (Phi) is 3.38. The van der Waals surface area contributed by atoms with Crippen molar-refractivity contribution in [2.24, 2.45) is 7.05 Å². The second-order valence-corrected chi connectivity index (χ2v) is 4.22. The lowest BCUT2D eigenvalue weighted by Gasteiger charge is -2.22. The highest BCUT2D eigenvalue weighted by Gasteiger charge is 2.23. The van der Waals surface area contributed by atoms with Crippen molar-refractivity contribution < 1.29 is 5.11 Å². The highest BCUT2D eigenvalue weighted by atomic mass is 16.3. The topological polar surface area (TPSA) is 41.3 Å². The summed E-state index contributed by atoms with van der Waals surface area (Å²) in [5.74, 6) is 1.12. The normalized spacial score (nSPS) is 22.4. The monoisotopic (exact) mass is 209 g/mol. The average molecular weight is 209 g/mol. The van der Waals surface area contributed by atoms with Gasteiger partial charge in [0.25, 0.3) is 0 Å². The molecule has 1 aliphatic rings. The van der Waals surface area contributed by atoms with Crippen molar-refractivity contribution in [2.75, 3.05) is 19.7 Å². The molecule has 0 aliphatic carbocycles. The van der Waals surface area contributed by atoms with E-state index in [-0.39, 0.29) is 0 Å². The Morgan fingerprint density at radius 3 is 3.13 bits per heavy atom. The van der Waals surface area contributed by atoms with Gasteiger partial charge in [-0.15, -0.1) is 0 Å². The van der Waals surface area contributed by atoms with Crippen molar-refractivity contribution in [3.8, 4) is 0 Å². The standard InChI is InChI=1S/C11H19N3O/c1-13-8-5-12-11(13)4-7-14-6-2-3-10(14)9-15/h5,8,10,15H,2-4,6-7,9H2,1H3/t10-/m0/s1. The van der Waals surface area contributed by atoms with E-state index in [0.717, 1.165) is 31.8 Å². The van der Waals surface area contributed by atoms with Gasteiger partial charge in [0.2, 0.25) is 0 Å². The predicted octanol–water partition coefficient (Wildman–Crippen LogP) is 0.419. The van der Waals surface area contributed by atoms with Crippen LogP contribution in [0.15, 0.2) is 12.4 Å². The van der Waals surface area contributed by atoms with E-state index in [1.807, 2.05) is 19.4 Å². The van der Waals surface area contributed by atoms with Gasteiger partial charge in [0.1, 0.15) is 5.82 Å². The Morgan fingerprint density at radius 1 is 1.60 bits per heavy atom. The van der Waals surface area contributed by atoms with Crippen molar-refractivity contribution in [3.05, 3.63) is 18.2 Å². The Morgan fingerprint density at radius 2 is 2.47 bits per heavy atom. The number of likely N-dealkylation sites (tertiary alicyclic amines) is 1. The Hall–Kier alpha value is -0.870. The third kappa shape index (κ3) is 2.38. The quantitative estimate of drug-likeness (QED) is 0.781. The Labute approximate surface area is 90.5 Å². The van der Waals surface area contributed by atoms with Crippen molar-refractivity contribution in [3.63, 3.8) is 0 Å². The highest BCUT2D eigenvalue weighted by molar-refractivity contribution is 4.92. The molecule has 84 valence electrons. The van der Waals surface area contributed by atoms with E-state index in [9.17, 15) is 5.11 Å². The number of hydrogen-bond acceptors (Lipinski definition) is 3. The molecule has 1 atom stereocenters. The maximum absolute atomic E-state index is 9.19. The summed E-state index contributed by atoms with van der Waals surface area (Å²) in [4.78, 5) is 6.67. The predicted molar refractivity (Wildman–Crippen MR) is 58.6 cm³/mol. The largest absolute Gasteiger partial charge is 0.395 e. The molecule has 1 saturated heterocycles. The molecular formula is C11H19N3O. The molecule has 2 rings (SSSR count). The van der Waals surface area contributed by atoms with E-state index in [0.29, 0.717) is 12.6 Å². The fourth-order valence-corrected chi connectivity index (χ4v) is 2.28. The van der Waals surface area contributed by atoms with E-state index in [4.69, 9.17) is 0 Å². The van der Waals surface area contributed by atoms with Crippen LogP contribution in [0.2, 0.25) is 0 Å². The number of imidazole rings is 1. The van der Waals surface area contributed by atoms with Gasteiger partial charge < -0.3 is 9.67 Å². The summed E-state index contributed by atoms with van der Waals surface area (Å²) in [7, 11) is 2.02. The molecule has 4 nitrogen and oxygen atoms in total. The smallest absolute Gasteiger partial charge is 0.109 e. The maximum atomic E-state index is 9.19. The molecule has 2 heterocycles. The molecule has 0 unspecified atom stereocenters. The number of hydrogen-bond donors (Lipinski definition) is 1. The molecule has 4 heteroatoms. The Balaban J connectivity index is 1.85. The molecular weight excluding hydrogens is 190 g/mol. The van der Waals surface area contributed by atoms with Crippen LogP contribution >= 0.6 is 0 Å². The third-order valence-corrected chi connectivity index (χ3v) is 3.25. The summed E-state index contributed by atoms with van der Waals surface area (Å²) < 4.78 is 2.06. The molecule has 0 spiro atoms. The van der Waals surface area contributed by atoms with E-state index in [1.165, 1.54) is 6.42 Å². The van der Waals surface area contributed by atoms with Crippen LogP contribution in [-0.4, -0.2) is 45.3 Å². The third-order valence-electron chi connectivity index (χ3n) is 3.25. The molecule has 0 saturated carbocycles. The number of aromatic nitrogens is 2. The van der Waals surface area contributed by atoms with E-state index in [2.05, 4.69) is 14.5 Å². The Bertz CT molecular complexity index is 311. The van der Waals surface area contributed by atoms with Gasteiger partial charge in [-0.1, -0.05) is 0 Å². The summed E-state index contributed by atoms with van der Waals surface area (Å²) in [5, 5.41) is 9.19. The van der Waals surface area contributed by atoms with Crippen LogP contribution in [0.1, 0.15) is 18.7 Å². The van der Waals surface area contributed by atoms with Crippen molar-refractivity contribution in [1.82, 2.24) is 14.5 Å². The first-order valence-electron chi connectivity index (χ1n) is 5.62. The van der Waals surface area contributed by atoms with Crippen molar-refractivity contribution >= 4 is 0 Å². The first kappa shape index (κ1) is 10.6. The van der Waals surface area contributed by atoms with Gasteiger partial charge in [0.15, 0.2) is 0 Å². The highest BCUT2D eigenvalue weighted by Crippen LogP contribution is 2.16. The zero-order valence-corrected chi connectivity index (χ0v) is 9.26. The summed E-state index contributed by atoms with van der Waals surface area (Å²) >= 11 is 0. The molecule has 15 heavy (non-hydrogen) atoms. The van der Waals surface area contributed by atoms with E-state index < -0.39 is 0 Å². The molecule has 1 aromatic heterocycles. The fourth-order valence-electron chi connectivity index (χ4n) is 2.28. The molecule has 1 fully saturated rings. The van der Waals surface area contributed by atoms with Crippen LogP contribution in [-0.2, 0) is 13.5 Å². The molecule has 0 amide bonds. The van der Waals surface area contributed by atoms with Crippen LogP contribution in [0.4, 0.5) is 0 Å². The first-order chi connectivity index (χ1) is 7.31. The summed E-state index contributed by atoms with van der Waals surface area (Å²) in [5.41, 5.74) is 0. The lowest BCUT2D eigenvalue weighted by atomic mass is 10.2.